The van der Waals surface area contributed by atoms with Crippen molar-refractivity contribution < 1.29 is 9.18 Å². The third kappa shape index (κ3) is 3.30. The lowest BCUT2D eigenvalue weighted by atomic mass is 9.87. The molecule has 0 heterocycles. The van der Waals surface area contributed by atoms with Crippen LogP contribution in [0.5, 0.6) is 0 Å². The Morgan fingerprint density at radius 2 is 1.90 bits per heavy atom. The second-order valence-electron chi connectivity index (χ2n) is 5.51. The van der Waals surface area contributed by atoms with Gasteiger partial charge in [-0.15, -0.1) is 0 Å². The van der Waals surface area contributed by atoms with Gasteiger partial charge in [0.25, 0.3) is 0 Å². The van der Waals surface area contributed by atoms with Crippen molar-refractivity contribution >= 4 is 5.91 Å². The van der Waals surface area contributed by atoms with Gasteiger partial charge >= 0.3 is 0 Å². The first kappa shape index (κ1) is 13.8. The van der Waals surface area contributed by atoms with Gasteiger partial charge in [0.2, 0.25) is 5.91 Å². The first-order chi connectivity index (χ1) is 10.2. The van der Waals surface area contributed by atoms with Crippen molar-refractivity contribution in [1.82, 2.24) is 5.32 Å². The van der Waals surface area contributed by atoms with Crippen LogP contribution in [0.2, 0.25) is 0 Å². The molecule has 0 unspecified atom stereocenters. The molecule has 0 radical (unpaired) electrons. The number of halogens is 1. The van der Waals surface area contributed by atoms with E-state index in [1.807, 2.05) is 12.1 Å². The molecule has 0 spiro atoms. The van der Waals surface area contributed by atoms with E-state index in [2.05, 4.69) is 17.4 Å². The van der Waals surface area contributed by atoms with Gasteiger partial charge in [-0.3, -0.25) is 4.79 Å². The first-order valence-electron chi connectivity index (χ1n) is 7.34. The molecule has 21 heavy (non-hydrogen) atoms. The molecule has 0 fully saturated rings. The van der Waals surface area contributed by atoms with Crippen LogP contribution in [0.25, 0.3) is 0 Å². The Morgan fingerprint density at radius 3 is 2.71 bits per heavy atom. The van der Waals surface area contributed by atoms with E-state index in [9.17, 15) is 9.18 Å². The number of amides is 1. The molecule has 3 heteroatoms. The highest BCUT2D eigenvalue weighted by Gasteiger charge is 2.21. The highest BCUT2D eigenvalue weighted by molar-refractivity contribution is 5.79. The quantitative estimate of drug-likeness (QED) is 0.917. The lowest BCUT2D eigenvalue weighted by molar-refractivity contribution is -0.121. The van der Waals surface area contributed by atoms with Crippen LogP contribution in [0.15, 0.2) is 48.5 Å². The Kier molecular flexibility index (Phi) is 4.00. The van der Waals surface area contributed by atoms with Crippen LogP contribution in [0, 0.1) is 5.82 Å². The van der Waals surface area contributed by atoms with Gasteiger partial charge in [0.15, 0.2) is 0 Å². The van der Waals surface area contributed by atoms with Crippen molar-refractivity contribution in [3.05, 3.63) is 71.0 Å². The zero-order chi connectivity index (χ0) is 14.7. The molecule has 0 aromatic heterocycles. The van der Waals surface area contributed by atoms with Crippen molar-refractivity contribution in [3.8, 4) is 0 Å². The number of benzene rings is 2. The summed E-state index contributed by atoms with van der Waals surface area (Å²) in [5, 5.41) is 3.11. The number of rotatable bonds is 3. The Balaban J connectivity index is 1.67. The molecule has 3 rings (SSSR count). The molecule has 0 aliphatic heterocycles. The normalized spacial score (nSPS) is 17.1. The maximum atomic E-state index is 12.9. The second-order valence-corrected chi connectivity index (χ2v) is 5.51. The average Bonchev–Trinajstić information content (AvgIpc) is 2.50. The van der Waals surface area contributed by atoms with Gasteiger partial charge in [-0.2, -0.15) is 0 Å². The summed E-state index contributed by atoms with van der Waals surface area (Å²) in [6, 6.07) is 14.5. The molecule has 0 saturated heterocycles. The second kappa shape index (κ2) is 6.08. The minimum atomic E-state index is -0.277. The van der Waals surface area contributed by atoms with Crippen LogP contribution in [0.3, 0.4) is 0 Å². The molecular formula is C18H18FNO. The van der Waals surface area contributed by atoms with E-state index in [4.69, 9.17) is 0 Å². The van der Waals surface area contributed by atoms with Crippen LogP contribution in [-0.4, -0.2) is 5.91 Å². The summed E-state index contributed by atoms with van der Waals surface area (Å²) in [5.74, 6) is -0.288. The number of hydrogen-bond donors (Lipinski definition) is 1. The predicted octanol–water partition coefficient (Wildman–Crippen LogP) is 3.56. The summed E-state index contributed by atoms with van der Waals surface area (Å²) >= 11 is 0. The summed E-state index contributed by atoms with van der Waals surface area (Å²) in [7, 11) is 0. The highest BCUT2D eigenvalue weighted by Crippen LogP contribution is 2.29. The molecule has 108 valence electrons. The van der Waals surface area contributed by atoms with Crippen molar-refractivity contribution in [2.45, 2.75) is 31.7 Å². The lowest BCUT2D eigenvalue weighted by Gasteiger charge is -2.26. The molecule has 1 aliphatic rings. The standard InChI is InChI=1S/C18H18FNO/c19-15-10-8-13(9-11-15)12-18(21)20-17-7-3-5-14-4-1-2-6-16(14)17/h1-2,4,6,8-11,17H,3,5,7,12H2,(H,20,21)/t17-/m1/s1. The highest BCUT2D eigenvalue weighted by atomic mass is 19.1. The monoisotopic (exact) mass is 283 g/mol. The zero-order valence-corrected chi connectivity index (χ0v) is 11.8. The molecule has 2 aromatic rings. The van der Waals surface area contributed by atoms with Gasteiger partial charge in [-0.25, -0.2) is 4.39 Å². The smallest absolute Gasteiger partial charge is 0.224 e. The Morgan fingerprint density at radius 1 is 1.14 bits per heavy atom. The SMILES string of the molecule is O=C(Cc1ccc(F)cc1)N[C@@H]1CCCc2ccccc21. The van der Waals surface area contributed by atoms with Crippen LogP contribution in [0.1, 0.15) is 35.6 Å². The summed E-state index contributed by atoms with van der Waals surface area (Å²) in [5.41, 5.74) is 3.39. The van der Waals surface area contributed by atoms with Crippen LogP contribution in [-0.2, 0) is 17.6 Å². The van der Waals surface area contributed by atoms with Gasteiger partial charge in [0, 0.05) is 0 Å². The first-order valence-corrected chi connectivity index (χ1v) is 7.34. The van der Waals surface area contributed by atoms with E-state index in [0.717, 1.165) is 24.8 Å². The van der Waals surface area contributed by atoms with Gasteiger partial charge in [0.1, 0.15) is 5.82 Å². The number of fused-ring (bicyclic) bond motifs is 1. The zero-order valence-electron chi connectivity index (χ0n) is 11.8. The fourth-order valence-corrected chi connectivity index (χ4v) is 2.94. The molecule has 1 atom stereocenters. The maximum absolute atomic E-state index is 12.9. The van der Waals surface area contributed by atoms with Gasteiger partial charge in [0.05, 0.1) is 12.5 Å². The fourth-order valence-electron chi connectivity index (χ4n) is 2.94. The van der Waals surface area contributed by atoms with Crippen LogP contribution >= 0.6 is 0 Å². The van der Waals surface area contributed by atoms with E-state index in [1.165, 1.54) is 23.3 Å². The Hall–Kier alpha value is -2.16. The van der Waals surface area contributed by atoms with E-state index in [1.54, 1.807) is 12.1 Å². The van der Waals surface area contributed by atoms with E-state index >= 15 is 0 Å². The predicted molar refractivity (Wildman–Crippen MR) is 80.4 cm³/mol. The third-order valence-electron chi connectivity index (χ3n) is 3.98. The molecule has 1 amide bonds. The maximum Gasteiger partial charge on any atom is 0.224 e. The van der Waals surface area contributed by atoms with Crippen molar-refractivity contribution in [2.75, 3.05) is 0 Å². The minimum Gasteiger partial charge on any atom is -0.349 e. The minimum absolute atomic E-state index is 0.0108. The summed E-state index contributed by atoms with van der Waals surface area (Å²) < 4.78 is 12.9. The van der Waals surface area contributed by atoms with Crippen LogP contribution < -0.4 is 5.32 Å². The third-order valence-corrected chi connectivity index (χ3v) is 3.98. The largest absolute Gasteiger partial charge is 0.349 e. The number of hydrogen-bond acceptors (Lipinski definition) is 1. The summed E-state index contributed by atoms with van der Waals surface area (Å²) in [4.78, 5) is 12.2. The topological polar surface area (TPSA) is 29.1 Å². The molecule has 1 aliphatic carbocycles. The molecule has 0 saturated carbocycles. The Labute approximate surface area is 124 Å². The van der Waals surface area contributed by atoms with E-state index in [-0.39, 0.29) is 17.8 Å². The van der Waals surface area contributed by atoms with Gasteiger partial charge < -0.3 is 5.32 Å². The van der Waals surface area contributed by atoms with E-state index in [0.29, 0.717) is 6.42 Å². The lowest BCUT2D eigenvalue weighted by Crippen LogP contribution is -2.32. The summed E-state index contributed by atoms with van der Waals surface area (Å²) in [6.45, 7) is 0. The molecule has 1 N–H and O–H groups in total. The van der Waals surface area contributed by atoms with Crippen molar-refractivity contribution in [1.29, 1.82) is 0 Å². The van der Waals surface area contributed by atoms with Crippen molar-refractivity contribution in [3.63, 3.8) is 0 Å². The Bertz CT molecular complexity index is 636. The summed E-state index contributed by atoms with van der Waals surface area (Å²) in [6.07, 6.45) is 3.45. The molecular weight excluding hydrogens is 265 g/mol. The van der Waals surface area contributed by atoms with Crippen molar-refractivity contribution in [2.24, 2.45) is 0 Å². The van der Waals surface area contributed by atoms with Gasteiger partial charge in [-0.1, -0.05) is 36.4 Å². The number of carbonyl (C=O) groups excluding carboxylic acids is 1. The number of aryl methyl sites for hydroxylation is 1. The molecule has 2 nitrogen and oxygen atoms in total. The van der Waals surface area contributed by atoms with Gasteiger partial charge in [-0.05, 0) is 48.1 Å². The fraction of sp³-hybridized carbons (Fsp3) is 0.278. The molecule has 2 aromatic carbocycles. The average molecular weight is 283 g/mol. The number of nitrogens with one attached hydrogen (secondary N) is 1. The van der Waals surface area contributed by atoms with Crippen LogP contribution in [0.4, 0.5) is 4.39 Å². The molecule has 0 bridgehead atoms. The number of carbonyl (C=O) groups is 1. The van der Waals surface area contributed by atoms with E-state index < -0.39 is 0 Å².